The van der Waals surface area contributed by atoms with E-state index in [4.69, 9.17) is 38.3 Å². The molecule has 23 nitrogen and oxygen atoms in total. The van der Waals surface area contributed by atoms with Gasteiger partial charge in [-0.15, -0.1) is 0 Å². The van der Waals surface area contributed by atoms with Gasteiger partial charge in [0.15, 0.2) is 5.96 Å². The van der Waals surface area contributed by atoms with E-state index in [1.807, 2.05) is 10.6 Å². The molecule has 23 heteroatoms. The van der Waals surface area contributed by atoms with E-state index in [1.54, 1.807) is 13.8 Å². The Bertz CT molecular complexity index is 1310. The van der Waals surface area contributed by atoms with Crippen LogP contribution in [0.4, 0.5) is 0 Å². The number of guanidine groups is 1. The molecule has 0 fully saturated rings. The fourth-order valence-corrected chi connectivity index (χ4v) is 4.05. The van der Waals surface area contributed by atoms with Gasteiger partial charge in [0.2, 0.25) is 41.4 Å². The smallest absolute Gasteiger partial charge is 0.328 e. The van der Waals surface area contributed by atoms with Crippen molar-refractivity contribution in [3.8, 4) is 0 Å². The molecule has 0 bridgehead atoms. The van der Waals surface area contributed by atoms with Gasteiger partial charge in [-0.3, -0.25) is 43.3 Å². The van der Waals surface area contributed by atoms with Crippen molar-refractivity contribution in [2.75, 3.05) is 19.7 Å². The lowest BCUT2D eigenvalue weighted by atomic mass is 10.0. The van der Waals surface area contributed by atoms with E-state index in [0.29, 0.717) is 0 Å². The molecular weight excluding hydrogens is 682 g/mol. The van der Waals surface area contributed by atoms with Crippen molar-refractivity contribution in [2.24, 2.45) is 33.8 Å². The van der Waals surface area contributed by atoms with Gasteiger partial charge in [-0.2, -0.15) is 0 Å². The van der Waals surface area contributed by atoms with Crippen LogP contribution in [0, 0.1) is 5.92 Å². The Kier molecular flexibility index (Phi) is 20.4. The molecule has 0 aromatic rings. The fourth-order valence-electron chi connectivity index (χ4n) is 4.05. The number of aliphatic hydroxyl groups excluding tert-OH is 1. The summed E-state index contributed by atoms with van der Waals surface area (Å²) in [4.78, 5) is 114. The van der Waals surface area contributed by atoms with Gasteiger partial charge in [-0.1, -0.05) is 13.8 Å². The van der Waals surface area contributed by atoms with Crippen LogP contribution in [-0.2, 0) is 43.2 Å². The second kappa shape index (κ2) is 22.9. The fraction of sp³-hybridized carbons (Fsp3) is 0.643. The zero-order chi connectivity index (χ0) is 39.4. The van der Waals surface area contributed by atoms with E-state index in [0.717, 1.165) is 0 Å². The summed E-state index contributed by atoms with van der Waals surface area (Å²) in [5, 5.41) is 40.6. The molecule has 0 heterocycles. The zero-order valence-electron chi connectivity index (χ0n) is 28.5. The molecule has 0 rings (SSSR count). The summed E-state index contributed by atoms with van der Waals surface area (Å²) in [6.07, 6.45) is -0.978. The first kappa shape index (κ1) is 45.4. The molecular formula is C28H49N11O12. The molecule has 0 saturated carbocycles. The number of primary amides is 1. The third kappa shape index (κ3) is 18.7. The molecule has 0 aliphatic rings. The third-order valence-corrected chi connectivity index (χ3v) is 6.87. The number of nitrogens with one attached hydrogen (secondary N) is 6. The van der Waals surface area contributed by atoms with E-state index in [9.17, 15) is 43.2 Å². The predicted octanol–water partition coefficient (Wildman–Crippen LogP) is -6.60. The summed E-state index contributed by atoms with van der Waals surface area (Å²) in [7, 11) is 0. The molecule has 17 N–H and O–H groups in total. The number of carboxylic acids is 2. The van der Waals surface area contributed by atoms with Crippen LogP contribution in [-0.4, -0.2) is 131 Å². The number of nitrogens with two attached hydrogens (primary N) is 4. The molecule has 288 valence electrons. The summed E-state index contributed by atoms with van der Waals surface area (Å²) in [6, 6.07) is -8.45. The Morgan fingerprint density at radius 2 is 1.29 bits per heavy atom. The van der Waals surface area contributed by atoms with Gasteiger partial charge in [-0.25, -0.2) is 4.79 Å². The number of aliphatic carboxylic acids is 2. The number of carbonyl (C=O) groups is 9. The van der Waals surface area contributed by atoms with Crippen LogP contribution in [0.2, 0.25) is 0 Å². The van der Waals surface area contributed by atoms with Gasteiger partial charge in [0.25, 0.3) is 0 Å². The van der Waals surface area contributed by atoms with Gasteiger partial charge in [0, 0.05) is 13.0 Å². The highest BCUT2D eigenvalue weighted by Crippen LogP contribution is 2.07. The Balaban J connectivity index is 5.50. The normalized spacial score (nSPS) is 14.2. The van der Waals surface area contributed by atoms with E-state index in [-0.39, 0.29) is 38.2 Å². The first-order valence-corrected chi connectivity index (χ1v) is 15.6. The first-order valence-electron chi connectivity index (χ1n) is 15.6. The van der Waals surface area contributed by atoms with E-state index in [2.05, 4.69) is 26.3 Å². The summed E-state index contributed by atoms with van der Waals surface area (Å²) in [6.45, 7) is 2.74. The number of aliphatic hydroxyl groups is 1. The average Bonchev–Trinajstić information content (AvgIpc) is 3.03. The largest absolute Gasteiger partial charge is 0.481 e. The first-order chi connectivity index (χ1) is 23.7. The number of hydrogen-bond donors (Lipinski definition) is 13. The zero-order valence-corrected chi connectivity index (χ0v) is 28.5. The van der Waals surface area contributed by atoms with Gasteiger partial charge in [0.05, 0.1) is 25.6 Å². The quantitative estimate of drug-likeness (QED) is 0.0249. The van der Waals surface area contributed by atoms with Crippen molar-refractivity contribution >= 4 is 59.2 Å². The molecule has 7 amide bonds. The minimum Gasteiger partial charge on any atom is -0.481 e. The van der Waals surface area contributed by atoms with Crippen LogP contribution < -0.4 is 54.8 Å². The van der Waals surface area contributed by atoms with Crippen molar-refractivity contribution in [1.29, 1.82) is 0 Å². The van der Waals surface area contributed by atoms with Crippen molar-refractivity contribution in [3.05, 3.63) is 0 Å². The topological polar surface area (TPSA) is 403 Å². The highest BCUT2D eigenvalue weighted by atomic mass is 16.4. The summed E-state index contributed by atoms with van der Waals surface area (Å²) < 4.78 is 0. The molecule has 6 atom stereocenters. The molecule has 0 aromatic heterocycles. The minimum atomic E-state index is -1.77. The molecule has 0 unspecified atom stereocenters. The highest BCUT2D eigenvalue weighted by Gasteiger charge is 2.32. The number of nitrogens with zero attached hydrogens (tertiary/aromatic N) is 1. The van der Waals surface area contributed by atoms with Crippen molar-refractivity contribution in [2.45, 2.75) is 89.1 Å². The third-order valence-electron chi connectivity index (χ3n) is 6.87. The van der Waals surface area contributed by atoms with Gasteiger partial charge < -0.3 is 70.2 Å². The molecule has 0 saturated heterocycles. The summed E-state index contributed by atoms with van der Waals surface area (Å²) >= 11 is 0. The van der Waals surface area contributed by atoms with Crippen LogP contribution in [0.1, 0.15) is 52.9 Å². The summed E-state index contributed by atoms with van der Waals surface area (Å²) in [5.41, 5.74) is 21.6. The molecule has 0 aliphatic heterocycles. The van der Waals surface area contributed by atoms with Crippen LogP contribution >= 0.6 is 0 Å². The monoisotopic (exact) mass is 731 g/mol. The van der Waals surface area contributed by atoms with E-state index >= 15 is 0 Å². The van der Waals surface area contributed by atoms with Gasteiger partial charge in [0.1, 0.15) is 30.2 Å². The SMILES string of the molecule is CC(C)[C@H](NC(=O)[C@H](CCCN=C(N)N)NC(=O)[C@@H](N)CCC(N)=O)C(=O)N[C@@H](C)C(=O)NCC(=O)N[C@@H](CC(=O)O)C(=O)N[C@@H](CO)C(=O)O. The Morgan fingerprint density at radius 3 is 1.80 bits per heavy atom. The second-order valence-electron chi connectivity index (χ2n) is 11.6. The number of carbonyl (C=O) groups excluding carboxylic acids is 7. The van der Waals surface area contributed by atoms with Crippen LogP contribution in [0.3, 0.4) is 0 Å². The second-order valence-corrected chi connectivity index (χ2v) is 11.6. The maximum Gasteiger partial charge on any atom is 0.328 e. The Labute approximate surface area is 292 Å². The highest BCUT2D eigenvalue weighted by molar-refractivity contribution is 5.96. The van der Waals surface area contributed by atoms with Crippen molar-refractivity contribution in [1.82, 2.24) is 31.9 Å². The standard InChI is InChI=1S/C28H49N11O12/c1-12(2)21(39-24(47)15(5-4-8-33-28(31)32)37-23(46)14(29)6-7-18(30)41)26(49)35-13(3)22(45)34-10-19(42)36-16(9-20(43)44)25(48)38-17(11-40)27(50)51/h12-17,21,40H,4-11,29H2,1-3H3,(H2,30,41)(H,34,45)(H,35,49)(H,36,42)(H,37,46)(H,38,48)(H,39,47)(H,43,44)(H,50,51)(H4,31,32,33)/t13-,14-,15-,16-,17-,21-/m0/s1. The van der Waals surface area contributed by atoms with E-state index in [1.165, 1.54) is 6.92 Å². The number of hydrogen-bond acceptors (Lipinski definition) is 12. The molecule has 0 spiro atoms. The maximum atomic E-state index is 13.3. The molecule has 0 aliphatic carbocycles. The predicted molar refractivity (Wildman–Crippen MR) is 176 cm³/mol. The lowest BCUT2D eigenvalue weighted by Gasteiger charge is -2.27. The maximum absolute atomic E-state index is 13.3. The molecule has 51 heavy (non-hydrogen) atoms. The Morgan fingerprint density at radius 1 is 0.706 bits per heavy atom. The number of aliphatic imine (C=N–C) groups is 1. The number of carboxylic acid groups (broad SMARTS) is 2. The van der Waals surface area contributed by atoms with Crippen molar-refractivity contribution < 1.29 is 58.5 Å². The number of rotatable bonds is 24. The van der Waals surface area contributed by atoms with Gasteiger partial charge >= 0.3 is 11.9 Å². The van der Waals surface area contributed by atoms with Crippen LogP contribution in [0.5, 0.6) is 0 Å². The Hall–Kier alpha value is -5.58. The summed E-state index contributed by atoms with van der Waals surface area (Å²) in [5.74, 6) is -10.1. The van der Waals surface area contributed by atoms with Crippen LogP contribution in [0.25, 0.3) is 0 Å². The molecule has 0 radical (unpaired) electrons. The lowest BCUT2D eigenvalue weighted by Crippen LogP contribution is -2.59. The van der Waals surface area contributed by atoms with E-state index < -0.39 is 115 Å². The lowest BCUT2D eigenvalue weighted by molar-refractivity contribution is -0.144. The minimum absolute atomic E-state index is 0.0146. The van der Waals surface area contributed by atoms with Gasteiger partial charge in [-0.05, 0) is 32.1 Å². The van der Waals surface area contributed by atoms with Crippen LogP contribution in [0.15, 0.2) is 4.99 Å². The average molecular weight is 732 g/mol. The number of amides is 7. The van der Waals surface area contributed by atoms with Crippen molar-refractivity contribution in [3.63, 3.8) is 0 Å². The molecule has 0 aromatic carbocycles.